The van der Waals surface area contributed by atoms with E-state index in [0.717, 1.165) is 11.8 Å². The first-order valence-electron chi connectivity index (χ1n) is 11.8. The molecular formula is C28H29F3N4O. The maximum atomic E-state index is 13.7. The molecule has 1 N–H and O–H groups in total. The minimum absolute atomic E-state index is 0.155. The number of aliphatic hydroxyl groups excluding tert-OH is 1. The molecule has 0 amide bonds. The highest BCUT2D eigenvalue weighted by atomic mass is 19.4. The van der Waals surface area contributed by atoms with Gasteiger partial charge in [0, 0.05) is 34.8 Å². The second-order valence-corrected chi connectivity index (χ2v) is 9.88. The lowest BCUT2D eigenvalue weighted by molar-refractivity contribution is -0.137. The topological polar surface area (TPSA) is 62.1 Å². The summed E-state index contributed by atoms with van der Waals surface area (Å²) in [6.45, 7) is 8.35. The maximum Gasteiger partial charge on any atom is 0.418 e. The molecule has 2 heterocycles. The number of nitrogens with zero attached hydrogens (tertiary/aromatic N) is 4. The minimum atomic E-state index is -4.54. The van der Waals surface area contributed by atoms with E-state index in [1.807, 2.05) is 44.2 Å². The number of halogens is 3. The molecule has 5 nitrogen and oxygen atoms in total. The van der Waals surface area contributed by atoms with Crippen molar-refractivity contribution in [2.24, 2.45) is 5.92 Å². The van der Waals surface area contributed by atoms with E-state index in [0.29, 0.717) is 40.6 Å². The molecule has 8 heteroatoms. The first-order valence-corrected chi connectivity index (χ1v) is 11.8. The third-order valence-electron chi connectivity index (χ3n) is 5.94. The molecular weight excluding hydrogens is 465 g/mol. The standard InChI is InChI=1S/C28H29F3N4O/c1-18(2)16-35(20-9-6-5-7-10-20)25-21-13-12-19(24-22(28(29,30)31)11-8-14-32-24)15-23(21)33-26(34-25)27(3,4)17-36/h5-15,18,36H,16-17H2,1-4H3. The quantitative estimate of drug-likeness (QED) is 0.307. The van der Waals surface area contributed by atoms with Crippen LogP contribution in [-0.4, -0.2) is 33.2 Å². The molecule has 0 atom stereocenters. The molecule has 0 aliphatic rings. The van der Waals surface area contributed by atoms with Gasteiger partial charge in [-0.2, -0.15) is 13.2 Å². The van der Waals surface area contributed by atoms with Gasteiger partial charge in [0.15, 0.2) is 0 Å². The summed E-state index contributed by atoms with van der Waals surface area (Å²) in [5.41, 5.74) is 0.00583. The molecule has 0 unspecified atom stereocenters. The van der Waals surface area contributed by atoms with E-state index in [1.54, 1.807) is 18.2 Å². The SMILES string of the molecule is CC(C)CN(c1ccccc1)c1nc(C(C)(C)CO)nc2cc(-c3ncccc3C(F)(F)F)ccc12. The number of anilines is 2. The average molecular weight is 495 g/mol. The van der Waals surface area contributed by atoms with Gasteiger partial charge in [0.2, 0.25) is 0 Å². The van der Waals surface area contributed by atoms with Crippen LogP contribution in [0.2, 0.25) is 0 Å². The van der Waals surface area contributed by atoms with Gasteiger partial charge in [-0.05, 0) is 42.3 Å². The number of para-hydroxylation sites is 1. The number of hydrogen-bond acceptors (Lipinski definition) is 5. The van der Waals surface area contributed by atoms with Gasteiger partial charge in [-0.15, -0.1) is 0 Å². The average Bonchev–Trinajstić information content (AvgIpc) is 2.86. The summed E-state index contributed by atoms with van der Waals surface area (Å²) in [6.07, 6.45) is -3.19. The molecule has 4 rings (SSSR count). The zero-order valence-electron chi connectivity index (χ0n) is 20.7. The van der Waals surface area contributed by atoms with Gasteiger partial charge in [0.1, 0.15) is 11.6 Å². The zero-order valence-corrected chi connectivity index (χ0v) is 20.7. The summed E-state index contributed by atoms with van der Waals surface area (Å²) in [4.78, 5) is 15.7. The van der Waals surface area contributed by atoms with Gasteiger partial charge >= 0.3 is 6.18 Å². The van der Waals surface area contributed by atoms with Gasteiger partial charge in [0.05, 0.1) is 23.4 Å². The lowest BCUT2D eigenvalue weighted by Gasteiger charge is -2.29. The molecule has 0 saturated heterocycles. The summed E-state index contributed by atoms with van der Waals surface area (Å²) < 4.78 is 41.1. The molecule has 36 heavy (non-hydrogen) atoms. The van der Waals surface area contributed by atoms with E-state index in [9.17, 15) is 18.3 Å². The second kappa shape index (κ2) is 9.85. The van der Waals surface area contributed by atoms with Crippen molar-refractivity contribution in [2.45, 2.75) is 39.3 Å². The number of hydrogen-bond donors (Lipinski definition) is 1. The predicted molar refractivity (Wildman–Crippen MR) is 136 cm³/mol. The smallest absolute Gasteiger partial charge is 0.395 e. The van der Waals surface area contributed by atoms with Crippen LogP contribution < -0.4 is 4.90 Å². The van der Waals surface area contributed by atoms with Crippen molar-refractivity contribution in [3.63, 3.8) is 0 Å². The lowest BCUT2D eigenvalue weighted by atomic mass is 9.93. The molecule has 0 radical (unpaired) electrons. The highest BCUT2D eigenvalue weighted by molar-refractivity contribution is 5.94. The maximum absolute atomic E-state index is 13.7. The Morgan fingerprint density at radius 2 is 1.67 bits per heavy atom. The fourth-order valence-corrected chi connectivity index (χ4v) is 3.99. The van der Waals surface area contributed by atoms with Crippen molar-refractivity contribution in [2.75, 3.05) is 18.1 Å². The molecule has 0 aliphatic heterocycles. The van der Waals surface area contributed by atoms with Crippen LogP contribution in [0.3, 0.4) is 0 Å². The van der Waals surface area contributed by atoms with Gasteiger partial charge in [-0.1, -0.05) is 52.0 Å². The minimum Gasteiger partial charge on any atom is -0.395 e. The highest BCUT2D eigenvalue weighted by Crippen LogP contribution is 2.38. The summed E-state index contributed by atoms with van der Waals surface area (Å²) >= 11 is 0. The monoisotopic (exact) mass is 494 g/mol. The Balaban J connectivity index is 1.99. The van der Waals surface area contributed by atoms with Crippen LogP contribution in [0.1, 0.15) is 39.1 Å². The van der Waals surface area contributed by atoms with E-state index in [4.69, 9.17) is 9.97 Å². The van der Waals surface area contributed by atoms with E-state index < -0.39 is 17.2 Å². The van der Waals surface area contributed by atoms with Gasteiger partial charge in [0.25, 0.3) is 0 Å². The van der Waals surface area contributed by atoms with E-state index in [-0.39, 0.29) is 12.3 Å². The summed E-state index contributed by atoms with van der Waals surface area (Å²) in [5.74, 6) is 1.35. The Morgan fingerprint density at radius 1 is 0.944 bits per heavy atom. The Hall–Kier alpha value is -3.52. The number of rotatable bonds is 7. The molecule has 4 aromatic rings. The summed E-state index contributed by atoms with van der Waals surface area (Å²) in [7, 11) is 0. The summed E-state index contributed by atoms with van der Waals surface area (Å²) in [5, 5.41) is 10.7. The van der Waals surface area contributed by atoms with Crippen LogP contribution in [0.5, 0.6) is 0 Å². The first-order chi connectivity index (χ1) is 17.0. The number of benzene rings is 2. The van der Waals surface area contributed by atoms with Gasteiger partial charge in [-0.25, -0.2) is 9.97 Å². The fourth-order valence-electron chi connectivity index (χ4n) is 3.99. The molecule has 0 bridgehead atoms. The number of aliphatic hydroxyl groups is 1. The van der Waals surface area contributed by atoms with Crippen molar-refractivity contribution in [3.05, 3.63) is 78.2 Å². The van der Waals surface area contributed by atoms with Gasteiger partial charge in [-0.3, -0.25) is 4.98 Å². The molecule has 0 aliphatic carbocycles. The largest absolute Gasteiger partial charge is 0.418 e. The Bertz CT molecular complexity index is 1350. The van der Waals surface area contributed by atoms with Crippen LogP contribution in [0, 0.1) is 5.92 Å². The fraction of sp³-hybridized carbons (Fsp3) is 0.321. The van der Waals surface area contributed by atoms with E-state index >= 15 is 0 Å². The van der Waals surface area contributed by atoms with E-state index in [1.165, 1.54) is 12.3 Å². The molecule has 0 saturated carbocycles. The lowest BCUT2D eigenvalue weighted by Crippen LogP contribution is -2.29. The van der Waals surface area contributed by atoms with Crippen LogP contribution in [0.15, 0.2) is 66.9 Å². The molecule has 0 spiro atoms. The highest BCUT2D eigenvalue weighted by Gasteiger charge is 2.34. The Labute approximate surface area is 208 Å². The van der Waals surface area contributed by atoms with Crippen molar-refractivity contribution < 1.29 is 18.3 Å². The van der Waals surface area contributed by atoms with Crippen molar-refractivity contribution >= 4 is 22.4 Å². The van der Waals surface area contributed by atoms with Crippen LogP contribution in [0.25, 0.3) is 22.2 Å². The van der Waals surface area contributed by atoms with E-state index in [2.05, 4.69) is 23.7 Å². The zero-order chi connectivity index (χ0) is 26.1. The van der Waals surface area contributed by atoms with Crippen molar-refractivity contribution in [1.29, 1.82) is 0 Å². The summed E-state index contributed by atoms with van der Waals surface area (Å²) in [6, 6.07) is 17.1. The Kier molecular flexibility index (Phi) is 7.00. The third-order valence-corrected chi connectivity index (χ3v) is 5.94. The number of aromatic nitrogens is 3. The second-order valence-electron chi connectivity index (χ2n) is 9.88. The van der Waals surface area contributed by atoms with Crippen LogP contribution in [0.4, 0.5) is 24.7 Å². The third kappa shape index (κ3) is 5.18. The molecule has 2 aromatic carbocycles. The molecule has 2 aromatic heterocycles. The normalized spacial score (nSPS) is 12.4. The van der Waals surface area contributed by atoms with Crippen LogP contribution >= 0.6 is 0 Å². The van der Waals surface area contributed by atoms with Crippen LogP contribution in [-0.2, 0) is 11.6 Å². The number of pyridine rings is 1. The molecule has 0 fully saturated rings. The number of alkyl halides is 3. The van der Waals surface area contributed by atoms with Crippen molar-refractivity contribution in [3.8, 4) is 11.3 Å². The Morgan fingerprint density at radius 3 is 2.31 bits per heavy atom. The predicted octanol–water partition coefficient (Wildman–Crippen LogP) is 6.77. The number of fused-ring (bicyclic) bond motifs is 1. The van der Waals surface area contributed by atoms with Gasteiger partial charge < -0.3 is 10.0 Å². The van der Waals surface area contributed by atoms with Crippen molar-refractivity contribution in [1.82, 2.24) is 15.0 Å². The molecule has 188 valence electrons. The first kappa shape index (κ1) is 25.6.